The lowest BCUT2D eigenvalue weighted by Crippen LogP contribution is -2.24. The number of alkyl halides is 6. The van der Waals surface area contributed by atoms with E-state index >= 15 is 0 Å². The predicted octanol–water partition coefficient (Wildman–Crippen LogP) is 8.19. The Morgan fingerprint density at radius 3 is 2.16 bits per heavy atom. The van der Waals surface area contributed by atoms with E-state index in [-0.39, 0.29) is 11.3 Å². The second kappa shape index (κ2) is 12.4. The monoisotopic (exact) mass is 595 g/mol. The molecule has 0 saturated heterocycles. The molecule has 0 saturated carbocycles. The Balaban J connectivity index is 1.46. The van der Waals surface area contributed by atoms with Gasteiger partial charge in [0.15, 0.2) is 0 Å². The zero-order chi connectivity index (χ0) is 30.6. The summed E-state index contributed by atoms with van der Waals surface area (Å²) in [6.07, 6.45) is -6.49. The largest absolute Gasteiger partial charge is 0.418 e. The lowest BCUT2D eigenvalue weighted by atomic mass is 10.0. The van der Waals surface area contributed by atoms with Gasteiger partial charge in [0.2, 0.25) is 0 Å². The van der Waals surface area contributed by atoms with Crippen molar-refractivity contribution in [3.8, 4) is 11.3 Å². The topological polar surface area (TPSA) is 53.9 Å². The number of rotatable bonds is 9. The van der Waals surface area contributed by atoms with Crippen molar-refractivity contribution >= 4 is 22.4 Å². The fraction of sp³-hybridized carbons (Fsp3) is 0.219. The van der Waals surface area contributed by atoms with Crippen molar-refractivity contribution in [1.29, 1.82) is 0 Å². The molecule has 5 rings (SSSR count). The number of pyridine rings is 1. The standard InChI is InChI=1S/C32H27F6N5/c1-43(18-15-21-6-3-2-4-7-21)19-16-28-41-27-20-22(29-26(32(36,37)38)8-5-17-39-29)9-14-25(27)30(42-28)40-24-12-10-23(11-13-24)31(33,34)35/h2-14,17,20H,15-16,18-19H2,1H3,(H,40,41,42). The molecule has 0 aliphatic rings. The van der Waals surface area contributed by atoms with E-state index < -0.39 is 23.5 Å². The van der Waals surface area contributed by atoms with Crippen molar-refractivity contribution < 1.29 is 26.3 Å². The Morgan fingerprint density at radius 2 is 1.47 bits per heavy atom. The van der Waals surface area contributed by atoms with Crippen LogP contribution in [-0.4, -0.2) is 40.0 Å². The molecule has 3 aromatic carbocycles. The first-order valence-corrected chi connectivity index (χ1v) is 13.5. The van der Waals surface area contributed by atoms with E-state index in [1.807, 2.05) is 25.2 Å². The number of hydrogen-bond acceptors (Lipinski definition) is 5. The van der Waals surface area contributed by atoms with E-state index in [4.69, 9.17) is 0 Å². The van der Waals surface area contributed by atoms with Crippen LogP contribution in [0.2, 0.25) is 0 Å². The Kier molecular flexibility index (Phi) is 8.63. The van der Waals surface area contributed by atoms with E-state index in [0.717, 1.165) is 31.2 Å². The Hall–Kier alpha value is -4.51. The van der Waals surface area contributed by atoms with Crippen molar-refractivity contribution in [2.75, 3.05) is 25.5 Å². The van der Waals surface area contributed by atoms with Crippen LogP contribution >= 0.6 is 0 Å². The minimum atomic E-state index is -4.60. The molecular weight excluding hydrogens is 568 g/mol. The molecule has 0 aliphatic carbocycles. The molecule has 5 aromatic rings. The number of anilines is 2. The second-order valence-corrected chi connectivity index (χ2v) is 10.1. The molecule has 0 aliphatic heterocycles. The van der Waals surface area contributed by atoms with E-state index in [1.165, 1.54) is 42.1 Å². The molecule has 11 heteroatoms. The Bertz CT molecular complexity index is 1690. The molecule has 0 radical (unpaired) electrons. The third-order valence-corrected chi connectivity index (χ3v) is 6.95. The molecule has 2 heterocycles. The Morgan fingerprint density at radius 1 is 0.744 bits per heavy atom. The van der Waals surface area contributed by atoms with Crippen molar-refractivity contribution in [3.63, 3.8) is 0 Å². The van der Waals surface area contributed by atoms with Gasteiger partial charge in [-0.25, -0.2) is 9.97 Å². The number of aromatic nitrogens is 3. The van der Waals surface area contributed by atoms with Crippen molar-refractivity contribution in [1.82, 2.24) is 19.9 Å². The molecule has 0 unspecified atom stereocenters. The number of halogens is 6. The maximum absolute atomic E-state index is 13.7. The van der Waals surface area contributed by atoms with Gasteiger partial charge in [0.05, 0.1) is 22.3 Å². The normalized spacial score (nSPS) is 12.2. The van der Waals surface area contributed by atoms with E-state index in [2.05, 4.69) is 37.3 Å². The second-order valence-electron chi connectivity index (χ2n) is 10.1. The molecule has 0 amide bonds. The van der Waals surface area contributed by atoms with Crippen LogP contribution in [0.1, 0.15) is 22.5 Å². The highest BCUT2D eigenvalue weighted by Crippen LogP contribution is 2.37. The fourth-order valence-electron chi connectivity index (χ4n) is 4.64. The number of benzene rings is 3. The average molecular weight is 596 g/mol. The van der Waals surface area contributed by atoms with Crippen molar-refractivity contribution in [3.05, 3.63) is 114 Å². The zero-order valence-electron chi connectivity index (χ0n) is 23.0. The zero-order valence-corrected chi connectivity index (χ0v) is 23.0. The molecule has 1 N–H and O–H groups in total. The average Bonchev–Trinajstić information content (AvgIpc) is 2.98. The molecule has 0 fully saturated rings. The van der Waals surface area contributed by atoms with Crippen LogP contribution in [0.3, 0.4) is 0 Å². The molecule has 0 spiro atoms. The summed E-state index contributed by atoms with van der Waals surface area (Å²) in [4.78, 5) is 15.4. The quantitative estimate of drug-likeness (QED) is 0.174. The van der Waals surface area contributed by atoms with Crippen molar-refractivity contribution in [2.24, 2.45) is 0 Å². The summed E-state index contributed by atoms with van der Waals surface area (Å²) in [6.45, 7) is 1.40. The lowest BCUT2D eigenvalue weighted by Gasteiger charge is -2.17. The lowest BCUT2D eigenvalue weighted by molar-refractivity contribution is -0.138. The summed E-state index contributed by atoms with van der Waals surface area (Å²) in [7, 11) is 1.98. The smallest absolute Gasteiger partial charge is 0.340 e. The first-order chi connectivity index (χ1) is 20.5. The van der Waals surface area contributed by atoms with Crippen LogP contribution in [0.4, 0.5) is 37.8 Å². The number of hydrogen-bond donors (Lipinski definition) is 1. The molecule has 2 aromatic heterocycles. The van der Waals surface area contributed by atoms with Gasteiger partial charge in [-0.1, -0.05) is 36.4 Å². The van der Waals surface area contributed by atoms with Gasteiger partial charge in [0.1, 0.15) is 11.6 Å². The van der Waals surface area contributed by atoms with Gasteiger partial charge in [0, 0.05) is 42.3 Å². The summed E-state index contributed by atoms with van der Waals surface area (Å²) in [5, 5.41) is 3.56. The van der Waals surface area contributed by atoms with Crippen LogP contribution in [0.5, 0.6) is 0 Å². The first-order valence-electron chi connectivity index (χ1n) is 13.5. The summed E-state index contributed by atoms with van der Waals surface area (Å²) < 4.78 is 80.4. The van der Waals surface area contributed by atoms with Gasteiger partial charge < -0.3 is 10.2 Å². The molecular formula is C32H27F6N5. The highest BCUT2D eigenvalue weighted by Gasteiger charge is 2.34. The highest BCUT2D eigenvalue weighted by molar-refractivity contribution is 5.93. The van der Waals surface area contributed by atoms with Gasteiger partial charge >= 0.3 is 12.4 Å². The molecule has 0 bridgehead atoms. The van der Waals surface area contributed by atoms with E-state index in [0.29, 0.717) is 41.2 Å². The van der Waals surface area contributed by atoms with E-state index in [1.54, 1.807) is 6.07 Å². The number of likely N-dealkylation sites (N-methyl/N-ethyl adjacent to an activating group) is 1. The number of nitrogens with zero attached hydrogens (tertiary/aromatic N) is 4. The minimum Gasteiger partial charge on any atom is -0.340 e. The summed E-state index contributed by atoms with van der Waals surface area (Å²) in [6, 6.07) is 21.4. The van der Waals surface area contributed by atoms with Crippen LogP contribution in [0, 0.1) is 0 Å². The molecule has 43 heavy (non-hydrogen) atoms. The Labute approximate surface area is 244 Å². The maximum atomic E-state index is 13.7. The molecule has 5 nitrogen and oxygen atoms in total. The van der Waals surface area contributed by atoms with Crippen LogP contribution in [0.25, 0.3) is 22.2 Å². The van der Waals surface area contributed by atoms with Crippen LogP contribution in [0.15, 0.2) is 91.1 Å². The van der Waals surface area contributed by atoms with Gasteiger partial charge in [-0.15, -0.1) is 0 Å². The number of fused-ring (bicyclic) bond motifs is 1. The SMILES string of the molecule is CN(CCc1ccccc1)CCc1nc(Nc2ccc(C(F)(F)F)cc2)c2ccc(-c3ncccc3C(F)(F)F)cc2n1. The summed E-state index contributed by atoms with van der Waals surface area (Å²) in [5.41, 5.74) is 0.298. The van der Waals surface area contributed by atoms with Crippen LogP contribution in [-0.2, 0) is 25.2 Å². The summed E-state index contributed by atoms with van der Waals surface area (Å²) in [5.74, 6) is 0.762. The maximum Gasteiger partial charge on any atom is 0.418 e. The van der Waals surface area contributed by atoms with Gasteiger partial charge in [-0.2, -0.15) is 26.3 Å². The van der Waals surface area contributed by atoms with Gasteiger partial charge in [-0.05, 0) is 67.6 Å². The highest BCUT2D eigenvalue weighted by atomic mass is 19.4. The fourth-order valence-corrected chi connectivity index (χ4v) is 4.64. The first kappa shape index (κ1) is 30.0. The molecule has 0 atom stereocenters. The third kappa shape index (κ3) is 7.47. The number of nitrogens with one attached hydrogen (secondary N) is 1. The van der Waals surface area contributed by atoms with Gasteiger partial charge in [-0.3, -0.25) is 4.98 Å². The van der Waals surface area contributed by atoms with Crippen LogP contribution < -0.4 is 5.32 Å². The van der Waals surface area contributed by atoms with Gasteiger partial charge in [0.25, 0.3) is 0 Å². The van der Waals surface area contributed by atoms with Crippen molar-refractivity contribution in [2.45, 2.75) is 25.2 Å². The third-order valence-electron chi connectivity index (χ3n) is 6.95. The molecule has 222 valence electrons. The minimum absolute atomic E-state index is 0.227. The summed E-state index contributed by atoms with van der Waals surface area (Å²) >= 11 is 0. The van der Waals surface area contributed by atoms with E-state index in [9.17, 15) is 26.3 Å². The predicted molar refractivity (Wildman–Crippen MR) is 154 cm³/mol.